The number of hydrogen-bond acceptors (Lipinski definition) is 7. The number of carbonyl (C=O) groups is 1. The van der Waals surface area contributed by atoms with Crippen molar-refractivity contribution in [3.8, 4) is 17.2 Å². The van der Waals surface area contributed by atoms with Crippen LogP contribution in [-0.2, 0) is 9.53 Å². The first-order chi connectivity index (χ1) is 15.9. The zero-order valence-electron chi connectivity index (χ0n) is 18.4. The van der Waals surface area contributed by atoms with Gasteiger partial charge in [-0.1, -0.05) is 17.7 Å². The summed E-state index contributed by atoms with van der Waals surface area (Å²) < 4.78 is 22.8. The van der Waals surface area contributed by atoms with Crippen LogP contribution in [0.1, 0.15) is 31.4 Å². The van der Waals surface area contributed by atoms with Crippen molar-refractivity contribution < 1.29 is 28.7 Å². The number of β-lactam (4-membered cyclic amide) rings is 1. The quantitative estimate of drug-likeness (QED) is 0.304. The van der Waals surface area contributed by atoms with E-state index in [0.717, 1.165) is 18.4 Å². The molecule has 2 aromatic carbocycles. The Balaban J connectivity index is 1.67. The number of amides is 1. The van der Waals surface area contributed by atoms with E-state index in [4.69, 9.17) is 30.5 Å². The highest BCUT2D eigenvalue weighted by molar-refractivity contribution is 6.32. The minimum absolute atomic E-state index is 0.0460. The molecule has 2 aliphatic rings. The lowest BCUT2D eigenvalue weighted by Gasteiger charge is -2.47. The maximum Gasteiger partial charge on any atom is 0.273 e. The molecule has 0 saturated carbocycles. The van der Waals surface area contributed by atoms with Gasteiger partial charge < -0.3 is 23.8 Å². The van der Waals surface area contributed by atoms with E-state index in [0.29, 0.717) is 36.3 Å². The molecule has 2 saturated heterocycles. The molecule has 1 amide bonds. The van der Waals surface area contributed by atoms with Gasteiger partial charge in [0.05, 0.1) is 35.8 Å². The van der Waals surface area contributed by atoms with E-state index in [9.17, 15) is 14.9 Å². The van der Waals surface area contributed by atoms with Gasteiger partial charge in [-0.3, -0.25) is 14.9 Å². The van der Waals surface area contributed by atoms with Crippen molar-refractivity contribution in [2.24, 2.45) is 0 Å². The maximum atomic E-state index is 13.1. The highest BCUT2D eigenvalue weighted by atomic mass is 35.5. The lowest BCUT2D eigenvalue weighted by Crippen LogP contribution is -2.62. The average Bonchev–Trinajstić information content (AvgIpc) is 3.31. The first-order valence-electron chi connectivity index (χ1n) is 10.8. The van der Waals surface area contributed by atoms with Crippen LogP contribution in [0, 0.1) is 10.1 Å². The molecule has 2 aliphatic heterocycles. The zero-order chi connectivity index (χ0) is 23.5. The summed E-state index contributed by atoms with van der Waals surface area (Å²) >= 11 is 6.46. The zero-order valence-corrected chi connectivity index (χ0v) is 19.1. The Bertz CT molecular complexity index is 1040. The summed E-state index contributed by atoms with van der Waals surface area (Å²) in [5, 5.41) is 11.5. The van der Waals surface area contributed by atoms with Crippen LogP contribution in [0.2, 0.25) is 5.02 Å². The van der Waals surface area contributed by atoms with E-state index in [2.05, 4.69) is 0 Å². The van der Waals surface area contributed by atoms with Crippen molar-refractivity contribution >= 4 is 23.2 Å². The molecule has 0 unspecified atom stereocenters. The molecular formula is C23H25ClN2O7. The largest absolute Gasteiger partial charge is 0.491 e. The van der Waals surface area contributed by atoms with E-state index in [-0.39, 0.29) is 23.4 Å². The van der Waals surface area contributed by atoms with Crippen LogP contribution >= 0.6 is 11.6 Å². The van der Waals surface area contributed by atoms with Crippen LogP contribution in [0.5, 0.6) is 17.2 Å². The van der Waals surface area contributed by atoms with Crippen molar-refractivity contribution in [2.45, 2.75) is 38.0 Å². The molecule has 0 N–H and O–H groups in total. The number of rotatable bonds is 9. The number of carbonyl (C=O) groups excluding carboxylic acids is 1. The van der Waals surface area contributed by atoms with E-state index >= 15 is 0 Å². The van der Waals surface area contributed by atoms with E-state index in [1.165, 1.54) is 25.3 Å². The predicted molar refractivity (Wildman–Crippen MR) is 120 cm³/mol. The van der Waals surface area contributed by atoms with Gasteiger partial charge in [0, 0.05) is 19.2 Å². The molecule has 2 aromatic rings. The fourth-order valence-electron chi connectivity index (χ4n) is 4.23. The molecular weight excluding hydrogens is 452 g/mol. The molecule has 3 atom stereocenters. The Morgan fingerprint density at radius 2 is 2.12 bits per heavy atom. The van der Waals surface area contributed by atoms with Gasteiger partial charge >= 0.3 is 0 Å². The minimum atomic E-state index is -0.868. The number of nitrogens with zero attached hydrogens (tertiary/aromatic N) is 2. The van der Waals surface area contributed by atoms with Gasteiger partial charge in [-0.05, 0) is 43.5 Å². The summed E-state index contributed by atoms with van der Waals surface area (Å²) in [4.78, 5) is 25.4. The summed E-state index contributed by atoms with van der Waals surface area (Å²) in [7, 11) is 1.51. The van der Waals surface area contributed by atoms with E-state index in [1.807, 2.05) is 6.92 Å². The van der Waals surface area contributed by atoms with Gasteiger partial charge in [-0.2, -0.15) is 0 Å². The molecule has 0 radical (unpaired) electrons. The molecule has 176 valence electrons. The van der Waals surface area contributed by atoms with Crippen molar-refractivity contribution in [1.29, 1.82) is 0 Å². The third-order valence-corrected chi connectivity index (χ3v) is 6.02. The van der Waals surface area contributed by atoms with Gasteiger partial charge in [-0.25, -0.2) is 0 Å². The summed E-state index contributed by atoms with van der Waals surface area (Å²) in [6.45, 7) is 3.36. The van der Waals surface area contributed by atoms with Gasteiger partial charge in [0.25, 0.3) is 11.6 Å². The number of non-ortho nitro benzene ring substituents is 1. The number of halogens is 1. The maximum absolute atomic E-state index is 13.1. The molecule has 2 fully saturated rings. The van der Waals surface area contributed by atoms with Crippen molar-refractivity contribution in [2.75, 3.05) is 26.9 Å². The van der Waals surface area contributed by atoms with Gasteiger partial charge in [-0.15, -0.1) is 0 Å². The van der Waals surface area contributed by atoms with Crippen LogP contribution in [0.25, 0.3) is 0 Å². The Morgan fingerprint density at radius 3 is 2.79 bits per heavy atom. The summed E-state index contributed by atoms with van der Waals surface area (Å²) in [5.41, 5.74) is 0.607. The molecule has 33 heavy (non-hydrogen) atoms. The lowest BCUT2D eigenvalue weighted by atomic mass is 9.89. The molecule has 4 rings (SSSR count). The van der Waals surface area contributed by atoms with E-state index < -0.39 is 17.1 Å². The fourth-order valence-corrected chi connectivity index (χ4v) is 4.53. The van der Waals surface area contributed by atoms with Crippen molar-refractivity contribution in [3.63, 3.8) is 0 Å². The van der Waals surface area contributed by atoms with Crippen molar-refractivity contribution in [3.05, 3.63) is 57.1 Å². The summed E-state index contributed by atoms with van der Waals surface area (Å²) in [5.74, 6) is 0.906. The topological polar surface area (TPSA) is 100 Å². The number of ether oxygens (including phenoxy) is 4. The van der Waals surface area contributed by atoms with Gasteiger partial charge in [0.2, 0.25) is 6.10 Å². The van der Waals surface area contributed by atoms with Gasteiger partial charge in [0.1, 0.15) is 11.8 Å². The molecule has 0 aliphatic carbocycles. The molecule has 0 spiro atoms. The standard InChI is InChI=1S/C23H25ClN2O7/c1-3-31-19-11-14(10-18(24)21(19)30-2)20-22(23(27)25(20)13-17-8-5-9-32-17)33-16-7-4-6-15(12-16)26(28)29/h4,6-7,10-12,17,20,22H,3,5,8-9,13H2,1-2H3/t17-,20-,22-/m1/s1. The number of hydrogen-bond donors (Lipinski definition) is 0. The Labute approximate surface area is 196 Å². The smallest absolute Gasteiger partial charge is 0.273 e. The molecule has 10 heteroatoms. The Morgan fingerprint density at radius 1 is 1.30 bits per heavy atom. The number of nitro benzene ring substituents is 1. The fraction of sp³-hybridized carbons (Fsp3) is 0.435. The molecule has 9 nitrogen and oxygen atoms in total. The van der Waals surface area contributed by atoms with Crippen molar-refractivity contribution in [1.82, 2.24) is 4.90 Å². The summed E-state index contributed by atoms with van der Waals surface area (Å²) in [6, 6.07) is 8.83. The Kier molecular flexibility index (Phi) is 6.90. The number of nitro groups is 1. The van der Waals surface area contributed by atoms with Crippen LogP contribution in [-0.4, -0.2) is 54.8 Å². The second kappa shape index (κ2) is 9.84. The van der Waals surface area contributed by atoms with Crippen LogP contribution in [0.4, 0.5) is 5.69 Å². The third-order valence-electron chi connectivity index (χ3n) is 5.74. The second-order valence-electron chi connectivity index (χ2n) is 7.83. The molecule has 0 bridgehead atoms. The van der Waals surface area contributed by atoms with E-state index in [1.54, 1.807) is 23.1 Å². The van der Waals surface area contributed by atoms with Gasteiger partial charge in [0.15, 0.2) is 11.5 Å². The first kappa shape index (κ1) is 23.1. The predicted octanol–water partition coefficient (Wildman–Crippen LogP) is 4.17. The summed E-state index contributed by atoms with van der Waals surface area (Å²) in [6.07, 6.45) is 0.913. The highest BCUT2D eigenvalue weighted by Gasteiger charge is 2.51. The highest BCUT2D eigenvalue weighted by Crippen LogP contribution is 2.44. The first-order valence-corrected chi connectivity index (χ1v) is 11.1. The SMILES string of the molecule is CCOc1cc([C@@H]2[C@@H](Oc3cccc([N+](=O)[O-])c3)C(=O)N2C[C@H]2CCCO2)cc(Cl)c1OC. The molecule has 0 aromatic heterocycles. The van der Waals surface area contributed by atoms with Crippen LogP contribution in [0.3, 0.4) is 0 Å². The second-order valence-corrected chi connectivity index (χ2v) is 8.24. The number of methoxy groups -OCH3 is 1. The molecule has 2 heterocycles. The average molecular weight is 477 g/mol. The third kappa shape index (κ3) is 4.69. The monoisotopic (exact) mass is 476 g/mol. The lowest BCUT2D eigenvalue weighted by molar-refractivity contribution is -0.385. The number of benzene rings is 2. The Hall–Kier alpha value is -3.04. The van der Waals surface area contributed by atoms with Crippen LogP contribution in [0.15, 0.2) is 36.4 Å². The normalized spacial score (nSPS) is 22.1. The minimum Gasteiger partial charge on any atom is -0.491 e. The van der Waals surface area contributed by atoms with Crippen LogP contribution < -0.4 is 14.2 Å². The number of likely N-dealkylation sites (tertiary alicyclic amines) is 1.